The van der Waals surface area contributed by atoms with Gasteiger partial charge in [0.05, 0.1) is 0 Å². The van der Waals surface area contributed by atoms with Crippen LogP contribution in [-0.4, -0.2) is 15.6 Å². The molecule has 4 heteroatoms. The Morgan fingerprint density at radius 1 is 1.47 bits per heavy atom. The third kappa shape index (κ3) is 2.17. The van der Waals surface area contributed by atoms with Crippen LogP contribution in [0.1, 0.15) is 29.8 Å². The van der Waals surface area contributed by atoms with Crippen LogP contribution in [0.2, 0.25) is 0 Å². The first-order valence-electron chi connectivity index (χ1n) is 6.87. The van der Waals surface area contributed by atoms with Crippen LogP contribution in [0.5, 0.6) is 0 Å². The van der Waals surface area contributed by atoms with E-state index in [9.17, 15) is 0 Å². The summed E-state index contributed by atoms with van der Waals surface area (Å²) < 4.78 is 2.18. The lowest BCUT2D eigenvalue weighted by Gasteiger charge is -2.36. The first-order valence-corrected chi connectivity index (χ1v) is 6.87. The summed E-state index contributed by atoms with van der Waals surface area (Å²) in [5.41, 5.74) is 5.86. The molecule has 1 heterocycles. The van der Waals surface area contributed by atoms with Gasteiger partial charge in [-0.15, -0.1) is 0 Å². The lowest BCUT2D eigenvalue weighted by molar-refractivity contribution is 0.393. The molecule has 1 aromatic heterocycles. The Bertz CT molecular complexity index is 561. The summed E-state index contributed by atoms with van der Waals surface area (Å²) in [7, 11) is 0. The van der Waals surface area contributed by atoms with Crippen LogP contribution in [0.3, 0.4) is 0 Å². The maximum Gasteiger partial charge on any atom is 0.110 e. The smallest absolute Gasteiger partial charge is 0.110 e. The zero-order chi connectivity index (χ0) is 13.2. The van der Waals surface area contributed by atoms with Crippen molar-refractivity contribution in [3.05, 3.63) is 53.6 Å². The fourth-order valence-electron chi connectivity index (χ4n) is 2.99. The summed E-state index contributed by atoms with van der Waals surface area (Å²) in [6.07, 6.45) is 5.87. The van der Waals surface area contributed by atoms with E-state index in [1.54, 1.807) is 0 Å². The van der Waals surface area contributed by atoms with E-state index in [4.69, 9.17) is 5.84 Å². The minimum atomic E-state index is 0.252. The van der Waals surface area contributed by atoms with E-state index < -0.39 is 0 Å². The number of nitrogens with one attached hydrogen (secondary N) is 1. The van der Waals surface area contributed by atoms with Crippen molar-refractivity contribution < 1.29 is 0 Å². The largest absolute Gasteiger partial charge is 0.335 e. The van der Waals surface area contributed by atoms with Crippen LogP contribution >= 0.6 is 0 Å². The molecule has 0 amide bonds. The second kappa shape index (κ2) is 5.15. The number of hydrogen-bond donors (Lipinski definition) is 2. The van der Waals surface area contributed by atoms with Crippen LogP contribution in [0.4, 0.5) is 0 Å². The van der Waals surface area contributed by atoms with Gasteiger partial charge in [0, 0.05) is 37.3 Å². The van der Waals surface area contributed by atoms with E-state index in [1.807, 2.05) is 12.4 Å². The highest BCUT2D eigenvalue weighted by Crippen LogP contribution is 2.37. The Kier molecular flexibility index (Phi) is 3.36. The first kappa shape index (κ1) is 12.4. The predicted molar refractivity (Wildman–Crippen MR) is 75.6 cm³/mol. The summed E-state index contributed by atoms with van der Waals surface area (Å²) in [6.45, 7) is 3.09. The van der Waals surface area contributed by atoms with Gasteiger partial charge in [0.2, 0.25) is 0 Å². The van der Waals surface area contributed by atoms with Gasteiger partial charge in [0.15, 0.2) is 0 Å². The van der Waals surface area contributed by atoms with Crippen molar-refractivity contribution >= 4 is 0 Å². The van der Waals surface area contributed by atoms with Gasteiger partial charge in [-0.1, -0.05) is 24.3 Å². The topological polar surface area (TPSA) is 55.9 Å². The van der Waals surface area contributed by atoms with Crippen LogP contribution in [-0.2, 0) is 19.4 Å². The number of hydrazine groups is 1. The van der Waals surface area contributed by atoms with E-state index >= 15 is 0 Å². The molecule has 100 valence electrons. The van der Waals surface area contributed by atoms with E-state index in [2.05, 4.69) is 46.2 Å². The second-order valence-electron chi connectivity index (χ2n) is 5.12. The van der Waals surface area contributed by atoms with Gasteiger partial charge in [0.25, 0.3) is 0 Å². The molecule has 1 aliphatic carbocycles. The molecule has 0 bridgehead atoms. The van der Waals surface area contributed by atoms with Gasteiger partial charge in [0.1, 0.15) is 5.82 Å². The molecular formula is C15H20N4. The molecule has 0 radical (unpaired) electrons. The molecule has 2 atom stereocenters. The first-order chi connectivity index (χ1) is 9.33. The zero-order valence-corrected chi connectivity index (χ0v) is 11.2. The lowest BCUT2D eigenvalue weighted by atomic mass is 9.73. The van der Waals surface area contributed by atoms with Crippen LogP contribution in [0, 0.1) is 0 Å². The molecule has 0 spiro atoms. The normalized spacial score (nSPS) is 18.7. The molecule has 0 saturated carbocycles. The fourth-order valence-corrected chi connectivity index (χ4v) is 2.99. The van der Waals surface area contributed by atoms with Crippen molar-refractivity contribution in [3.8, 4) is 0 Å². The van der Waals surface area contributed by atoms with Crippen LogP contribution in [0.25, 0.3) is 0 Å². The summed E-state index contributed by atoms with van der Waals surface area (Å²) in [6, 6.07) is 8.87. The van der Waals surface area contributed by atoms with Crippen molar-refractivity contribution in [2.75, 3.05) is 0 Å². The van der Waals surface area contributed by atoms with Crippen LogP contribution < -0.4 is 11.3 Å². The van der Waals surface area contributed by atoms with Crippen molar-refractivity contribution in [2.24, 2.45) is 5.84 Å². The molecule has 0 fully saturated rings. The van der Waals surface area contributed by atoms with Gasteiger partial charge in [-0.2, -0.15) is 0 Å². The molecule has 19 heavy (non-hydrogen) atoms. The number of aryl methyl sites for hydroxylation is 1. The van der Waals surface area contributed by atoms with Gasteiger partial charge in [-0.25, -0.2) is 4.98 Å². The molecule has 2 unspecified atom stereocenters. The highest BCUT2D eigenvalue weighted by Gasteiger charge is 2.32. The third-order valence-electron chi connectivity index (χ3n) is 4.14. The molecule has 0 aliphatic heterocycles. The average Bonchev–Trinajstić information content (AvgIpc) is 2.86. The molecule has 0 saturated heterocycles. The molecule has 3 rings (SSSR count). The van der Waals surface area contributed by atoms with Gasteiger partial charge in [-0.05, 0) is 24.5 Å². The Labute approximate surface area is 113 Å². The molecule has 4 nitrogen and oxygen atoms in total. The third-order valence-corrected chi connectivity index (χ3v) is 4.14. The number of nitrogens with two attached hydrogens (primary N) is 1. The maximum atomic E-state index is 5.76. The Balaban J connectivity index is 1.77. The van der Waals surface area contributed by atoms with Crippen molar-refractivity contribution in [1.29, 1.82) is 0 Å². The van der Waals surface area contributed by atoms with Gasteiger partial charge in [-0.3, -0.25) is 11.3 Å². The maximum absolute atomic E-state index is 5.76. The van der Waals surface area contributed by atoms with Gasteiger partial charge >= 0.3 is 0 Å². The summed E-state index contributed by atoms with van der Waals surface area (Å²) >= 11 is 0. The van der Waals surface area contributed by atoms with Crippen LogP contribution in [0.15, 0.2) is 36.7 Å². The SMILES string of the molecule is CCn1ccnc1CC(NN)C1Cc2ccccc21. The van der Waals surface area contributed by atoms with E-state index in [0.717, 1.165) is 25.2 Å². The van der Waals surface area contributed by atoms with Crippen molar-refractivity contribution in [3.63, 3.8) is 0 Å². The Morgan fingerprint density at radius 2 is 2.32 bits per heavy atom. The summed E-state index contributed by atoms with van der Waals surface area (Å²) in [4.78, 5) is 4.44. The van der Waals surface area contributed by atoms with E-state index in [1.165, 1.54) is 11.1 Å². The van der Waals surface area contributed by atoms with Crippen molar-refractivity contribution in [2.45, 2.75) is 38.3 Å². The number of imidazole rings is 1. The molecule has 3 N–H and O–H groups in total. The zero-order valence-electron chi connectivity index (χ0n) is 11.2. The number of aromatic nitrogens is 2. The quantitative estimate of drug-likeness (QED) is 0.631. The number of hydrogen-bond acceptors (Lipinski definition) is 3. The standard InChI is InChI=1S/C15H20N4/c1-2-19-8-7-17-15(19)10-14(18-16)13-9-11-5-3-4-6-12(11)13/h3-8,13-14,18H,2,9-10,16H2,1H3. The second-order valence-corrected chi connectivity index (χ2v) is 5.12. The summed E-state index contributed by atoms with van der Waals surface area (Å²) in [5.74, 6) is 7.37. The average molecular weight is 256 g/mol. The minimum absolute atomic E-state index is 0.252. The minimum Gasteiger partial charge on any atom is -0.335 e. The monoisotopic (exact) mass is 256 g/mol. The Hall–Kier alpha value is -1.65. The summed E-state index contributed by atoms with van der Waals surface area (Å²) in [5, 5.41) is 0. The highest BCUT2D eigenvalue weighted by molar-refractivity contribution is 5.41. The fraction of sp³-hybridized carbons (Fsp3) is 0.400. The number of rotatable bonds is 5. The highest BCUT2D eigenvalue weighted by atomic mass is 15.2. The molecule has 1 aromatic carbocycles. The number of nitrogens with zero attached hydrogens (tertiary/aromatic N) is 2. The molecule has 1 aliphatic rings. The number of benzene rings is 1. The molecular weight excluding hydrogens is 236 g/mol. The van der Waals surface area contributed by atoms with Gasteiger partial charge < -0.3 is 4.57 Å². The molecule has 2 aromatic rings. The number of fused-ring (bicyclic) bond motifs is 1. The Morgan fingerprint density at radius 3 is 3.05 bits per heavy atom. The van der Waals surface area contributed by atoms with E-state index in [0.29, 0.717) is 5.92 Å². The lowest BCUT2D eigenvalue weighted by Crippen LogP contribution is -2.45. The predicted octanol–water partition coefficient (Wildman–Crippen LogP) is 1.62. The van der Waals surface area contributed by atoms with E-state index in [-0.39, 0.29) is 6.04 Å². The van der Waals surface area contributed by atoms with Crippen molar-refractivity contribution in [1.82, 2.24) is 15.0 Å².